The molecule has 1 aromatic carbocycles. The molecule has 0 saturated heterocycles. The molecular formula is C16H22N4O2. The van der Waals surface area contributed by atoms with Crippen LogP contribution in [0.3, 0.4) is 0 Å². The summed E-state index contributed by atoms with van der Waals surface area (Å²) in [4.78, 5) is 8.46. The average Bonchev–Trinajstić information content (AvgIpc) is 2.55. The monoisotopic (exact) mass is 302 g/mol. The van der Waals surface area contributed by atoms with E-state index in [0.717, 1.165) is 23.7 Å². The molecule has 6 nitrogen and oxygen atoms in total. The molecule has 2 rings (SSSR count). The summed E-state index contributed by atoms with van der Waals surface area (Å²) in [6, 6.07) is 7.81. The molecule has 0 bridgehead atoms. The second-order valence-electron chi connectivity index (χ2n) is 4.93. The summed E-state index contributed by atoms with van der Waals surface area (Å²) < 4.78 is 10.6. The van der Waals surface area contributed by atoms with Crippen LogP contribution in [0.1, 0.15) is 20.3 Å². The first kappa shape index (κ1) is 15.9. The van der Waals surface area contributed by atoms with Crippen LogP contribution < -0.4 is 20.1 Å². The molecule has 0 radical (unpaired) electrons. The quantitative estimate of drug-likeness (QED) is 0.816. The van der Waals surface area contributed by atoms with Crippen molar-refractivity contribution in [3.05, 3.63) is 30.6 Å². The highest BCUT2D eigenvalue weighted by atomic mass is 16.5. The Balaban J connectivity index is 2.18. The number of nitrogens with one attached hydrogen (secondary N) is 2. The molecule has 0 aliphatic heterocycles. The van der Waals surface area contributed by atoms with E-state index in [0.29, 0.717) is 17.6 Å². The Morgan fingerprint density at radius 2 is 1.86 bits per heavy atom. The van der Waals surface area contributed by atoms with E-state index in [1.165, 1.54) is 6.33 Å². The topological polar surface area (TPSA) is 68.3 Å². The van der Waals surface area contributed by atoms with Gasteiger partial charge in [0.05, 0.1) is 19.9 Å². The maximum Gasteiger partial charge on any atom is 0.146 e. The largest absolute Gasteiger partial charge is 0.497 e. The van der Waals surface area contributed by atoms with Gasteiger partial charge in [-0.3, -0.25) is 0 Å². The van der Waals surface area contributed by atoms with Crippen LogP contribution >= 0.6 is 0 Å². The fraction of sp³-hybridized carbons (Fsp3) is 0.375. The minimum Gasteiger partial charge on any atom is -0.497 e. The van der Waals surface area contributed by atoms with Gasteiger partial charge in [-0.1, -0.05) is 6.92 Å². The molecule has 1 aromatic heterocycles. The lowest BCUT2D eigenvalue weighted by atomic mass is 10.2. The number of rotatable bonds is 7. The molecule has 0 spiro atoms. The molecule has 118 valence electrons. The van der Waals surface area contributed by atoms with E-state index in [4.69, 9.17) is 9.47 Å². The maximum atomic E-state index is 5.37. The Kier molecular flexibility index (Phi) is 5.41. The van der Waals surface area contributed by atoms with Crippen LogP contribution in [0.15, 0.2) is 30.6 Å². The number of benzene rings is 1. The lowest BCUT2D eigenvalue weighted by Crippen LogP contribution is -2.14. The van der Waals surface area contributed by atoms with Gasteiger partial charge >= 0.3 is 0 Å². The lowest BCUT2D eigenvalue weighted by molar-refractivity contribution is 0.395. The van der Waals surface area contributed by atoms with Crippen molar-refractivity contribution in [3.63, 3.8) is 0 Å². The van der Waals surface area contributed by atoms with E-state index in [1.807, 2.05) is 24.3 Å². The predicted octanol–water partition coefficient (Wildman–Crippen LogP) is 3.45. The Labute approximate surface area is 130 Å². The van der Waals surface area contributed by atoms with Crippen molar-refractivity contribution in [3.8, 4) is 11.5 Å². The zero-order valence-electron chi connectivity index (χ0n) is 13.4. The van der Waals surface area contributed by atoms with Crippen LogP contribution in [0.2, 0.25) is 0 Å². The third-order valence-corrected chi connectivity index (χ3v) is 3.35. The minimum atomic E-state index is 0.360. The zero-order valence-corrected chi connectivity index (χ0v) is 13.4. The van der Waals surface area contributed by atoms with Gasteiger partial charge < -0.3 is 20.1 Å². The highest BCUT2D eigenvalue weighted by Gasteiger charge is 2.07. The van der Waals surface area contributed by atoms with Crippen LogP contribution in [0, 0.1) is 0 Å². The molecule has 0 aliphatic rings. The van der Waals surface area contributed by atoms with Gasteiger partial charge in [0.1, 0.15) is 29.5 Å². The number of ether oxygens (including phenoxy) is 2. The van der Waals surface area contributed by atoms with Crippen LogP contribution in [0.4, 0.5) is 17.3 Å². The van der Waals surface area contributed by atoms with Crippen molar-refractivity contribution in [1.82, 2.24) is 9.97 Å². The molecule has 1 unspecified atom stereocenters. The fourth-order valence-electron chi connectivity index (χ4n) is 1.90. The smallest absolute Gasteiger partial charge is 0.146 e. The van der Waals surface area contributed by atoms with Crippen molar-refractivity contribution >= 4 is 17.3 Å². The Morgan fingerprint density at radius 1 is 1.09 bits per heavy atom. The Bertz CT molecular complexity index is 619. The SMILES string of the molecule is CCC(C)Nc1cc(Nc2ccc(OC)cc2OC)ncn1. The summed E-state index contributed by atoms with van der Waals surface area (Å²) in [5, 5.41) is 6.56. The predicted molar refractivity (Wildman–Crippen MR) is 88.2 cm³/mol. The summed E-state index contributed by atoms with van der Waals surface area (Å²) >= 11 is 0. The van der Waals surface area contributed by atoms with Gasteiger partial charge in [-0.05, 0) is 25.5 Å². The number of hydrogen-bond donors (Lipinski definition) is 2. The first-order valence-corrected chi connectivity index (χ1v) is 7.24. The van der Waals surface area contributed by atoms with Crippen LogP contribution in [-0.4, -0.2) is 30.2 Å². The first-order valence-electron chi connectivity index (χ1n) is 7.24. The number of hydrogen-bond acceptors (Lipinski definition) is 6. The van der Waals surface area contributed by atoms with E-state index in [1.54, 1.807) is 14.2 Å². The van der Waals surface area contributed by atoms with Crippen molar-refractivity contribution in [2.45, 2.75) is 26.3 Å². The molecule has 1 heterocycles. The van der Waals surface area contributed by atoms with Gasteiger partial charge in [-0.25, -0.2) is 9.97 Å². The molecular weight excluding hydrogens is 280 g/mol. The highest BCUT2D eigenvalue weighted by Crippen LogP contribution is 2.31. The van der Waals surface area contributed by atoms with Crippen molar-refractivity contribution in [2.75, 3.05) is 24.9 Å². The summed E-state index contributed by atoms with van der Waals surface area (Å²) in [7, 11) is 3.25. The molecule has 2 N–H and O–H groups in total. The standard InChI is InChI=1S/C16H22N4O2/c1-5-11(2)19-15-9-16(18-10-17-15)20-13-7-6-12(21-3)8-14(13)22-4/h6-11H,5H2,1-4H3,(H2,17,18,19,20). The van der Waals surface area contributed by atoms with Gasteiger partial charge in [0.15, 0.2) is 0 Å². The molecule has 1 atom stereocenters. The molecule has 22 heavy (non-hydrogen) atoms. The number of anilines is 3. The second-order valence-corrected chi connectivity index (χ2v) is 4.93. The van der Waals surface area contributed by atoms with Gasteiger partial charge in [0.2, 0.25) is 0 Å². The van der Waals surface area contributed by atoms with Gasteiger partial charge in [0, 0.05) is 18.2 Å². The normalized spacial score (nSPS) is 11.6. The first-order chi connectivity index (χ1) is 10.7. The number of methoxy groups -OCH3 is 2. The average molecular weight is 302 g/mol. The summed E-state index contributed by atoms with van der Waals surface area (Å²) in [6.07, 6.45) is 2.56. The fourth-order valence-corrected chi connectivity index (χ4v) is 1.90. The molecule has 6 heteroatoms. The third-order valence-electron chi connectivity index (χ3n) is 3.35. The Hall–Kier alpha value is -2.50. The number of aromatic nitrogens is 2. The second kappa shape index (κ2) is 7.49. The third kappa shape index (κ3) is 4.00. The van der Waals surface area contributed by atoms with E-state index in [9.17, 15) is 0 Å². The molecule has 0 saturated carbocycles. The van der Waals surface area contributed by atoms with Gasteiger partial charge in [0.25, 0.3) is 0 Å². The molecule has 0 fully saturated rings. The molecule has 0 amide bonds. The summed E-state index contributed by atoms with van der Waals surface area (Å²) in [6.45, 7) is 4.24. The van der Waals surface area contributed by atoms with Gasteiger partial charge in [-0.2, -0.15) is 0 Å². The van der Waals surface area contributed by atoms with E-state index in [-0.39, 0.29) is 0 Å². The molecule has 0 aliphatic carbocycles. The zero-order chi connectivity index (χ0) is 15.9. The highest BCUT2D eigenvalue weighted by molar-refractivity contribution is 5.66. The number of nitrogens with zero attached hydrogens (tertiary/aromatic N) is 2. The van der Waals surface area contributed by atoms with Crippen LogP contribution in [0.25, 0.3) is 0 Å². The van der Waals surface area contributed by atoms with E-state index in [2.05, 4.69) is 34.4 Å². The summed E-state index contributed by atoms with van der Waals surface area (Å²) in [5.41, 5.74) is 0.816. The van der Waals surface area contributed by atoms with Crippen molar-refractivity contribution in [2.24, 2.45) is 0 Å². The van der Waals surface area contributed by atoms with Gasteiger partial charge in [-0.15, -0.1) is 0 Å². The maximum absolute atomic E-state index is 5.37. The van der Waals surface area contributed by atoms with E-state index >= 15 is 0 Å². The van der Waals surface area contributed by atoms with E-state index < -0.39 is 0 Å². The van der Waals surface area contributed by atoms with Crippen LogP contribution in [-0.2, 0) is 0 Å². The van der Waals surface area contributed by atoms with Crippen molar-refractivity contribution < 1.29 is 9.47 Å². The van der Waals surface area contributed by atoms with Crippen LogP contribution in [0.5, 0.6) is 11.5 Å². The lowest BCUT2D eigenvalue weighted by Gasteiger charge is -2.14. The molecule has 2 aromatic rings. The minimum absolute atomic E-state index is 0.360. The summed E-state index contributed by atoms with van der Waals surface area (Å²) in [5.74, 6) is 2.92. The Morgan fingerprint density at radius 3 is 2.55 bits per heavy atom. The van der Waals surface area contributed by atoms with Crippen molar-refractivity contribution in [1.29, 1.82) is 0 Å².